The summed E-state index contributed by atoms with van der Waals surface area (Å²) in [5.41, 5.74) is 8.02. The first-order chi connectivity index (χ1) is 42.3. The Kier molecular flexibility index (Phi) is 17.7. The normalized spacial score (nSPS) is 13.1. The van der Waals surface area contributed by atoms with Crippen molar-refractivity contribution in [3.05, 3.63) is 201 Å². The van der Waals surface area contributed by atoms with Crippen LogP contribution in [0.25, 0.3) is 0 Å². The van der Waals surface area contributed by atoms with Crippen molar-refractivity contribution in [3.63, 3.8) is 0 Å². The number of carbonyl (C=O) groups is 8. The number of anilines is 4. The number of benzene rings is 1. The zero-order valence-corrected chi connectivity index (χ0v) is 49.7. The van der Waals surface area contributed by atoms with Gasteiger partial charge in [0.15, 0.2) is 23.3 Å². The quantitative estimate of drug-likeness (QED) is 0.0601. The molecule has 0 spiro atoms. The van der Waals surface area contributed by atoms with Crippen molar-refractivity contribution >= 4 is 116 Å². The van der Waals surface area contributed by atoms with E-state index >= 15 is 0 Å². The summed E-state index contributed by atoms with van der Waals surface area (Å²) in [4.78, 5) is 110. The highest BCUT2D eigenvalue weighted by molar-refractivity contribution is 7.13. The molecule has 0 aliphatic carbocycles. The first kappa shape index (κ1) is 58.5. The van der Waals surface area contributed by atoms with Gasteiger partial charge < -0.3 is 40.9 Å². The number of hydrogen-bond donors (Lipinski definition) is 8. The smallest absolute Gasteiger partial charge is 0.273 e. The fraction of sp³-hybridized carbons (Fsp3) is 0.190. The standard InChI is InChI=1S/C17H14N4O2S.C16H13N5O2S.C13H14N4O2S.C12H12N4O2S/c22-16(14-7-4-8-24-14)18-15-12-9-21(10-13(12)19-20-15)17(23)11-5-2-1-3-6-11;22-15(13-5-3-7-24-13)18-14-10-8-21(9-12(10)19-20-14)16(23)11-4-1-2-6-17-11;1-2-11(18)17-6-8-9(7-17)15-16-12(8)14-13(19)10-4-3-5-20-10;1-7(17)16-5-8-9(6-16)14-15-11(8)13-12(18)10-3-2-4-19-10/h1-8H,9-10H2,(H2,18,19,20,22);1-7H,8-9H2,(H2,18,19,20,22);3-5H,2,6-7H2,1H3,(H2,14,15,16,19);2-4H,5-6H2,1H3,(H2,13,14,15,18). The minimum atomic E-state index is -0.200. The number of pyridine rings is 1. The SMILES string of the molecule is CC(=O)N1Cc2[nH]nc(NC(=O)c3cccs3)c2C1.CCC(=O)N1Cc2[nH]nc(NC(=O)c3cccs3)c2C1.O=C(Nc1n[nH]c2c1CN(C(=O)c1ccccc1)C2)c1cccs1.O=C(Nc1n[nH]c2c1CN(C(=O)c1ccccn1)C2)c1cccs1. The van der Waals surface area contributed by atoms with Crippen LogP contribution in [0, 0.1) is 0 Å². The van der Waals surface area contributed by atoms with Crippen LogP contribution < -0.4 is 21.3 Å². The number of aromatic nitrogens is 9. The minimum Gasteiger partial charge on any atom is -0.333 e. The number of rotatable bonds is 11. The number of H-pyrrole nitrogens is 4. The van der Waals surface area contributed by atoms with E-state index in [1.54, 1.807) is 80.4 Å². The van der Waals surface area contributed by atoms with Gasteiger partial charge in [0.1, 0.15) is 5.69 Å². The second kappa shape index (κ2) is 26.4. The lowest BCUT2D eigenvalue weighted by Crippen LogP contribution is -2.26. The predicted molar refractivity (Wildman–Crippen MR) is 326 cm³/mol. The third-order valence-corrected chi connectivity index (χ3v) is 17.6. The van der Waals surface area contributed by atoms with E-state index in [9.17, 15) is 38.4 Å². The Bertz CT molecular complexity index is 3950. The molecule has 0 saturated carbocycles. The molecule has 13 heterocycles. The van der Waals surface area contributed by atoms with Crippen molar-refractivity contribution in [3.8, 4) is 0 Å². The fourth-order valence-corrected chi connectivity index (χ4v) is 12.1. The van der Waals surface area contributed by atoms with Crippen LogP contribution in [0.4, 0.5) is 23.3 Å². The summed E-state index contributed by atoms with van der Waals surface area (Å²) in [7, 11) is 0. The average molecular weight is 1240 g/mol. The van der Waals surface area contributed by atoms with Crippen molar-refractivity contribution in [2.45, 2.75) is 72.6 Å². The van der Waals surface area contributed by atoms with Gasteiger partial charge in [0, 0.05) is 47.4 Å². The zero-order chi connectivity index (χ0) is 60.6. The highest BCUT2D eigenvalue weighted by Gasteiger charge is 2.33. The van der Waals surface area contributed by atoms with E-state index in [0.29, 0.717) is 113 Å². The molecule has 0 bridgehead atoms. The number of aromatic amines is 4. The van der Waals surface area contributed by atoms with Gasteiger partial charge in [-0.05, 0) is 70.1 Å². The molecular weight excluding hydrogens is 1190 g/mol. The summed E-state index contributed by atoms with van der Waals surface area (Å²) < 4.78 is 0. The van der Waals surface area contributed by atoms with E-state index in [-0.39, 0.29) is 47.3 Å². The summed E-state index contributed by atoms with van der Waals surface area (Å²) in [6, 6.07) is 28.7. The van der Waals surface area contributed by atoms with Crippen molar-refractivity contribution in [1.29, 1.82) is 0 Å². The monoisotopic (exact) mass is 1240 g/mol. The van der Waals surface area contributed by atoms with Crippen LogP contribution in [-0.4, -0.2) is 113 Å². The summed E-state index contributed by atoms with van der Waals surface area (Å²) in [6.07, 6.45) is 2.07. The fourth-order valence-electron chi connectivity index (χ4n) is 9.61. The van der Waals surface area contributed by atoms with Crippen LogP contribution >= 0.6 is 45.3 Å². The van der Waals surface area contributed by atoms with Crippen LogP contribution in [-0.2, 0) is 61.9 Å². The first-order valence-corrected chi connectivity index (χ1v) is 30.5. The Balaban J connectivity index is 0.000000121. The lowest BCUT2D eigenvalue weighted by atomic mass is 10.2. The van der Waals surface area contributed by atoms with Gasteiger partial charge in [0.25, 0.3) is 35.4 Å². The second-order valence-corrected chi connectivity index (χ2v) is 23.5. The molecule has 442 valence electrons. The van der Waals surface area contributed by atoms with E-state index in [1.807, 2.05) is 70.9 Å². The van der Waals surface area contributed by atoms with Crippen molar-refractivity contribution in [1.82, 2.24) is 65.4 Å². The molecule has 0 fully saturated rings. The Hall–Kier alpha value is -10.2. The van der Waals surface area contributed by atoms with Crippen LogP contribution in [0.3, 0.4) is 0 Å². The number of hydrogen-bond acceptors (Lipinski definition) is 17. The lowest BCUT2D eigenvalue weighted by molar-refractivity contribution is -0.131. The van der Waals surface area contributed by atoms with Crippen molar-refractivity contribution < 1.29 is 38.4 Å². The third kappa shape index (κ3) is 13.3. The van der Waals surface area contributed by atoms with E-state index in [0.717, 1.165) is 45.0 Å². The molecule has 25 nitrogen and oxygen atoms in total. The molecule has 8 N–H and O–H groups in total. The Morgan fingerprint density at radius 2 is 0.782 bits per heavy atom. The molecule has 0 unspecified atom stereocenters. The van der Waals surface area contributed by atoms with E-state index < -0.39 is 0 Å². The van der Waals surface area contributed by atoms with Gasteiger partial charge in [-0.2, -0.15) is 20.4 Å². The number of thiophene rings is 4. The molecule has 4 aliphatic rings. The number of nitrogens with one attached hydrogen (secondary N) is 8. The van der Waals surface area contributed by atoms with Gasteiger partial charge in [0.05, 0.1) is 94.6 Å². The number of carbonyl (C=O) groups excluding carboxylic acids is 8. The maximum absolute atomic E-state index is 12.5. The number of amides is 8. The Morgan fingerprint density at radius 1 is 0.425 bits per heavy atom. The predicted octanol–water partition coefficient (Wildman–Crippen LogP) is 8.72. The molecular formula is C58H53N17O8S4. The van der Waals surface area contributed by atoms with Crippen LogP contribution in [0.2, 0.25) is 0 Å². The van der Waals surface area contributed by atoms with E-state index in [2.05, 4.69) is 67.0 Å². The molecule has 29 heteroatoms. The average Bonchev–Trinajstić information content (AvgIpc) is 2.82. The largest absolute Gasteiger partial charge is 0.333 e. The number of nitrogens with zero attached hydrogens (tertiary/aromatic N) is 9. The highest BCUT2D eigenvalue weighted by atomic mass is 32.1. The zero-order valence-electron chi connectivity index (χ0n) is 46.4. The molecule has 9 aromatic heterocycles. The maximum atomic E-state index is 12.5. The summed E-state index contributed by atoms with van der Waals surface area (Å²) in [6.45, 7) is 7.12. The topological polar surface area (TPSA) is 325 Å². The molecule has 4 aliphatic heterocycles. The van der Waals surface area contributed by atoms with Gasteiger partial charge in [-0.25, -0.2) is 0 Å². The van der Waals surface area contributed by atoms with Gasteiger partial charge in [-0.3, -0.25) is 63.7 Å². The molecule has 87 heavy (non-hydrogen) atoms. The van der Waals surface area contributed by atoms with Crippen LogP contribution in [0.1, 0.15) is 125 Å². The summed E-state index contributed by atoms with van der Waals surface area (Å²) in [5, 5.41) is 46.7. The number of fused-ring (bicyclic) bond motifs is 4. The maximum Gasteiger partial charge on any atom is 0.273 e. The molecule has 0 saturated heterocycles. The molecule has 0 radical (unpaired) electrons. The van der Waals surface area contributed by atoms with Gasteiger partial charge in [-0.1, -0.05) is 55.5 Å². The second-order valence-electron chi connectivity index (χ2n) is 19.7. The van der Waals surface area contributed by atoms with E-state index in [4.69, 9.17) is 0 Å². The molecule has 8 amide bonds. The first-order valence-electron chi connectivity index (χ1n) is 27.0. The molecule has 10 aromatic rings. The Morgan fingerprint density at radius 3 is 1.14 bits per heavy atom. The third-order valence-electron chi connectivity index (χ3n) is 14.1. The molecule has 1 aromatic carbocycles. The molecule has 14 rings (SSSR count). The van der Waals surface area contributed by atoms with Crippen molar-refractivity contribution in [2.75, 3.05) is 21.3 Å². The van der Waals surface area contributed by atoms with Crippen LogP contribution in [0.5, 0.6) is 0 Å². The minimum absolute atomic E-state index is 0.0140. The van der Waals surface area contributed by atoms with Crippen LogP contribution in [0.15, 0.2) is 125 Å². The van der Waals surface area contributed by atoms with Crippen molar-refractivity contribution in [2.24, 2.45) is 0 Å². The summed E-state index contributed by atoms with van der Waals surface area (Å²) in [5.74, 6) is 1.20. The van der Waals surface area contributed by atoms with E-state index in [1.165, 1.54) is 52.3 Å². The lowest BCUT2D eigenvalue weighted by Gasteiger charge is -2.15. The van der Waals surface area contributed by atoms with Gasteiger partial charge in [0.2, 0.25) is 11.8 Å². The molecule has 0 atom stereocenters. The Labute approximate surface area is 511 Å². The van der Waals surface area contributed by atoms with Gasteiger partial charge >= 0.3 is 0 Å². The summed E-state index contributed by atoms with van der Waals surface area (Å²) >= 11 is 5.50. The van der Waals surface area contributed by atoms with Gasteiger partial charge in [-0.15, -0.1) is 45.3 Å². The highest BCUT2D eigenvalue weighted by Crippen LogP contribution is 2.32.